The molecule has 7 nitrogen and oxygen atoms in total. The van der Waals surface area contributed by atoms with Crippen LogP contribution in [0.5, 0.6) is 5.75 Å². The molecule has 0 fully saturated rings. The number of aromatic nitrogens is 3. The van der Waals surface area contributed by atoms with Crippen LogP contribution in [-0.2, 0) is 6.42 Å². The third-order valence-corrected chi connectivity index (χ3v) is 5.80. The van der Waals surface area contributed by atoms with E-state index in [9.17, 15) is 13.6 Å². The van der Waals surface area contributed by atoms with Gasteiger partial charge >= 0.3 is 0 Å². The van der Waals surface area contributed by atoms with Crippen LogP contribution < -0.4 is 15.4 Å². The van der Waals surface area contributed by atoms with Crippen molar-refractivity contribution < 1.29 is 18.3 Å². The molecule has 0 saturated carbocycles. The lowest BCUT2D eigenvalue weighted by atomic mass is 10.0. The van der Waals surface area contributed by atoms with Crippen molar-refractivity contribution in [3.63, 3.8) is 0 Å². The average molecular weight is 490 g/mol. The molecule has 1 unspecified atom stereocenters. The average Bonchev–Trinajstić information content (AvgIpc) is 3.34. The molecule has 0 aliphatic carbocycles. The van der Waals surface area contributed by atoms with Gasteiger partial charge in [-0.05, 0) is 56.7 Å². The molecule has 9 heteroatoms. The van der Waals surface area contributed by atoms with Crippen molar-refractivity contribution in [2.45, 2.75) is 32.4 Å². The Kier molecular flexibility index (Phi) is 6.37. The van der Waals surface area contributed by atoms with Crippen LogP contribution in [0.4, 0.5) is 14.5 Å². The molecule has 1 amide bonds. The van der Waals surface area contributed by atoms with Crippen molar-refractivity contribution >= 4 is 11.6 Å². The van der Waals surface area contributed by atoms with E-state index in [4.69, 9.17) is 4.74 Å². The zero-order valence-electron chi connectivity index (χ0n) is 19.8. The van der Waals surface area contributed by atoms with Gasteiger partial charge in [0.2, 0.25) is 0 Å². The SMILES string of the molecule is CC(C)Nc1cccc(-c2cn(-c3cccc(C(=O)NC4COc5c(F)cc(F)cc5C4)c3)nn2)c1. The van der Waals surface area contributed by atoms with Crippen molar-refractivity contribution in [3.8, 4) is 22.7 Å². The minimum absolute atomic E-state index is 0.0383. The van der Waals surface area contributed by atoms with E-state index in [1.54, 1.807) is 29.1 Å². The molecule has 0 radical (unpaired) electrons. The summed E-state index contributed by atoms with van der Waals surface area (Å²) in [5, 5.41) is 14.8. The minimum atomic E-state index is -0.738. The summed E-state index contributed by atoms with van der Waals surface area (Å²) in [5.74, 6) is -1.70. The highest BCUT2D eigenvalue weighted by atomic mass is 19.1. The van der Waals surface area contributed by atoms with Crippen LogP contribution >= 0.6 is 0 Å². The lowest BCUT2D eigenvalue weighted by Gasteiger charge is -2.26. The van der Waals surface area contributed by atoms with Gasteiger partial charge in [0.25, 0.3) is 5.91 Å². The zero-order chi connectivity index (χ0) is 25.2. The summed E-state index contributed by atoms with van der Waals surface area (Å²) >= 11 is 0. The molecule has 2 N–H and O–H groups in total. The highest BCUT2D eigenvalue weighted by molar-refractivity contribution is 5.95. The molecule has 1 aliphatic heterocycles. The number of benzene rings is 3. The Bertz CT molecular complexity index is 1420. The molecule has 3 aromatic carbocycles. The zero-order valence-corrected chi connectivity index (χ0v) is 19.8. The second-order valence-corrected chi connectivity index (χ2v) is 9.04. The van der Waals surface area contributed by atoms with Crippen molar-refractivity contribution in [2.24, 2.45) is 0 Å². The predicted octanol–water partition coefficient (Wildman–Crippen LogP) is 4.77. The Hall–Kier alpha value is -4.27. The highest BCUT2D eigenvalue weighted by Crippen LogP contribution is 2.29. The number of rotatable bonds is 6. The number of fused-ring (bicyclic) bond motifs is 1. The predicted molar refractivity (Wildman–Crippen MR) is 132 cm³/mol. The Morgan fingerprint density at radius 2 is 1.94 bits per heavy atom. The normalized spacial score (nSPS) is 14.8. The lowest BCUT2D eigenvalue weighted by molar-refractivity contribution is 0.0914. The Morgan fingerprint density at radius 1 is 1.11 bits per heavy atom. The van der Waals surface area contributed by atoms with Gasteiger partial charge in [0.1, 0.15) is 18.1 Å². The molecule has 1 aromatic heterocycles. The van der Waals surface area contributed by atoms with Crippen molar-refractivity contribution in [3.05, 3.63) is 89.6 Å². The number of nitrogens with one attached hydrogen (secondary N) is 2. The second-order valence-electron chi connectivity index (χ2n) is 9.04. The number of anilines is 1. The van der Waals surface area contributed by atoms with E-state index in [1.165, 1.54) is 6.07 Å². The van der Waals surface area contributed by atoms with Crippen LogP contribution in [0.25, 0.3) is 16.9 Å². The van der Waals surface area contributed by atoms with Gasteiger partial charge in [-0.3, -0.25) is 4.79 Å². The molecule has 184 valence electrons. The van der Waals surface area contributed by atoms with Gasteiger partial charge in [-0.25, -0.2) is 13.5 Å². The van der Waals surface area contributed by atoms with Crippen molar-refractivity contribution in [2.75, 3.05) is 11.9 Å². The fraction of sp³-hybridized carbons (Fsp3) is 0.222. The molecule has 5 rings (SSSR count). The first-order chi connectivity index (χ1) is 17.4. The largest absolute Gasteiger partial charge is 0.488 e. The summed E-state index contributed by atoms with van der Waals surface area (Å²) in [7, 11) is 0. The first-order valence-corrected chi connectivity index (χ1v) is 11.7. The first kappa shape index (κ1) is 23.5. The number of nitrogens with zero attached hydrogens (tertiary/aromatic N) is 3. The Balaban J connectivity index is 1.30. The number of amides is 1. The number of ether oxygens (including phenoxy) is 1. The summed E-state index contributed by atoms with van der Waals surface area (Å²) < 4.78 is 34.6. The summed E-state index contributed by atoms with van der Waals surface area (Å²) in [6.07, 6.45) is 2.08. The van der Waals surface area contributed by atoms with Gasteiger partial charge in [0, 0.05) is 34.5 Å². The fourth-order valence-electron chi connectivity index (χ4n) is 4.21. The van der Waals surface area contributed by atoms with Crippen LogP contribution in [0.3, 0.4) is 0 Å². The van der Waals surface area contributed by atoms with Gasteiger partial charge in [-0.1, -0.05) is 23.4 Å². The monoisotopic (exact) mass is 489 g/mol. The lowest BCUT2D eigenvalue weighted by Crippen LogP contribution is -2.43. The first-order valence-electron chi connectivity index (χ1n) is 11.7. The molecule has 1 aliphatic rings. The van der Waals surface area contributed by atoms with E-state index in [0.717, 1.165) is 17.3 Å². The smallest absolute Gasteiger partial charge is 0.251 e. The summed E-state index contributed by atoms with van der Waals surface area (Å²) in [6, 6.07) is 16.8. The van der Waals surface area contributed by atoms with Crippen molar-refractivity contribution in [1.82, 2.24) is 20.3 Å². The van der Waals surface area contributed by atoms with Gasteiger partial charge in [-0.15, -0.1) is 5.10 Å². The third kappa shape index (κ3) is 5.05. The van der Waals surface area contributed by atoms with E-state index < -0.39 is 17.7 Å². The number of hydrogen-bond acceptors (Lipinski definition) is 5. The Labute approximate surface area is 207 Å². The van der Waals surface area contributed by atoms with E-state index >= 15 is 0 Å². The van der Waals surface area contributed by atoms with Crippen LogP contribution in [-0.4, -0.2) is 39.6 Å². The standard InChI is InChI=1S/C27H25F2N5O2/c1-16(2)30-21-7-3-5-17(10-21)25-14-34(33-32-25)23-8-4-6-18(12-23)27(35)31-22-11-19-9-20(28)13-24(29)26(19)36-15-22/h3-10,12-14,16,22,30H,11,15H2,1-2H3,(H,31,35). The minimum Gasteiger partial charge on any atom is -0.488 e. The van der Waals surface area contributed by atoms with Gasteiger partial charge in [0.15, 0.2) is 11.6 Å². The van der Waals surface area contributed by atoms with Crippen LogP contribution in [0.15, 0.2) is 66.9 Å². The molecular weight excluding hydrogens is 464 g/mol. The van der Waals surface area contributed by atoms with Gasteiger partial charge in [0.05, 0.1) is 17.9 Å². The van der Waals surface area contributed by atoms with E-state index in [-0.39, 0.29) is 24.7 Å². The number of carbonyl (C=O) groups excluding carboxylic acids is 1. The molecule has 4 aromatic rings. The maximum atomic E-state index is 13.9. The summed E-state index contributed by atoms with van der Waals surface area (Å²) in [5.41, 5.74) is 4.10. The molecule has 0 saturated heterocycles. The van der Waals surface area contributed by atoms with Crippen LogP contribution in [0.2, 0.25) is 0 Å². The van der Waals surface area contributed by atoms with E-state index in [1.807, 2.05) is 30.3 Å². The van der Waals surface area contributed by atoms with Gasteiger partial charge < -0.3 is 15.4 Å². The fourth-order valence-corrected chi connectivity index (χ4v) is 4.21. The molecule has 2 heterocycles. The maximum absolute atomic E-state index is 13.9. The van der Waals surface area contributed by atoms with Crippen molar-refractivity contribution in [1.29, 1.82) is 0 Å². The maximum Gasteiger partial charge on any atom is 0.251 e. The van der Waals surface area contributed by atoms with E-state index in [0.29, 0.717) is 28.6 Å². The van der Waals surface area contributed by atoms with E-state index in [2.05, 4.69) is 34.8 Å². The third-order valence-electron chi connectivity index (χ3n) is 5.80. The van der Waals surface area contributed by atoms with Crippen LogP contribution in [0.1, 0.15) is 29.8 Å². The quantitative estimate of drug-likeness (QED) is 0.408. The molecule has 36 heavy (non-hydrogen) atoms. The van der Waals surface area contributed by atoms with Gasteiger partial charge in [-0.2, -0.15) is 0 Å². The number of halogens is 2. The number of carbonyl (C=O) groups is 1. The number of hydrogen-bond donors (Lipinski definition) is 2. The topological polar surface area (TPSA) is 81.1 Å². The summed E-state index contributed by atoms with van der Waals surface area (Å²) in [4.78, 5) is 12.9. The molecule has 1 atom stereocenters. The molecule has 0 spiro atoms. The van der Waals surface area contributed by atoms with Crippen LogP contribution in [0, 0.1) is 11.6 Å². The molecular formula is C27H25F2N5O2. The molecule has 0 bridgehead atoms. The Morgan fingerprint density at radius 3 is 2.78 bits per heavy atom. The highest BCUT2D eigenvalue weighted by Gasteiger charge is 2.25. The second kappa shape index (κ2) is 9.77. The summed E-state index contributed by atoms with van der Waals surface area (Å²) in [6.45, 7) is 4.25.